The summed E-state index contributed by atoms with van der Waals surface area (Å²) >= 11 is 0. The topological polar surface area (TPSA) is 101 Å². The molecule has 7 nitrogen and oxygen atoms in total. The molecule has 1 aliphatic heterocycles. The molecule has 7 heteroatoms. The molecular formula is C14H16N2O5. The number of carbonyl (C=O) groups excluding carboxylic acids is 1. The van der Waals surface area contributed by atoms with Crippen molar-refractivity contribution in [3.8, 4) is 0 Å². The predicted molar refractivity (Wildman–Crippen MR) is 74.1 cm³/mol. The molecule has 0 saturated carbocycles. The molecule has 1 aromatic carbocycles. The monoisotopic (exact) mass is 292 g/mol. The van der Waals surface area contributed by atoms with Crippen LogP contribution in [0.3, 0.4) is 0 Å². The Kier molecular flexibility index (Phi) is 4.21. The molecule has 0 aliphatic carbocycles. The quantitative estimate of drug-likeness (QED) is 0.676. The van der Waals surface area contributed by atoms with Crippen molar-refractivity contribution in [3.05, 3.63) is 39.4 Å². The van der Waals surface area contributed by atoms with E-state index in [-0.39, 0.29) is 17.8 Å². The summed E-state index contributed by atoms with van der Waals surface area (Å²) < 4.78 is 0. The van der Waals surface area contributed by atoms with Gasteiger partial charge in [-0.15, -0.1) is 0 Å². The number of nitro benzene ring substituents is 1. The van der Waals surface area contributed by atoms with E-state index in [0.29, 0.717) is 19.4 Å². The van der Waals surface area contributed by atoms with E-state index in [1.54, 1.807) is 13.0 Å². The van der Waals surface area contributed by atoms with Crippen LogP contribution < -0.4 is 0 Å². The van der Waals surface area contributed by atoms with Crippen LogP contribution in [0.1, 0.15) is 28.8 Å². The van der Waals surface area contributed by atoms with Gasteiger partial charge in [0, 0.05) is 19.2 Å². The van der Waals surface area contributed by atoms with Crippen LogP contribution in [0.2, 0.25) is 0 Å². The average molecular weight is 292 g/mol. The van der Waals surface area contributed by atoms with E-state index in [1.807, 2.05) is 0 Å². The molecule has 21 heavy (non-hydrogen) atoms. The summed E-state index contributed by atoms with van der Waals surface area (Å²) in [5.74, 6) is -2.02. The lowest BCUT2D eigenvalue weighted by Crippen LogP contribution is -2.42. The molecule has 1 amide bonds. The summed E-state index contributed by atoms with van der Waals surface area (Å²) in [7, 11) is 0. The Labute approximate surface area is 121 Å². The highest BCUT2D eigenvalue weighted by molar-refractivity contribution is 5.98. The standard InChI is InChI=1S/C14H16N2O5/c1-9-4-5-12(16(20)21)11(7-9)13(17)15-6-2-3-10(8-15)14(18)19/h4-5,7,10H,2-3,6,8H2,1H3,(H,18,19)/t10-/m1/s1. The molecule has 0 radical (unpaired) electrons. The van der Waals surface area contributed by atoms with Gasteiger partial charge in [-0.05, 0) is 31.4 Å². The molecule has 1 fully saturated rings. The number of carboxylic acids is 1. The highest BCUT2D eigenvalue weighted by atomic mass is 16.6. The summed E-state index contributed by atoms with van der Waals surface area (Å²) in [6, 6.07) is 4.36. The number of hydrogen-bond donors (Lipinski definition) is 1. The molecule has 112 valence electrons. The number of aryl methyl sites for hydroxylation is 1. The SMILES string of the molecule is Cc1ccc([N+](=O)[O-])c(C(=O)N2CCC[C@@H](C(=O)O)C2)c1. The molecular weight excluding hydrogens is 276 g/mol. The van der Waals surface area contributed by atoms with Gasteiger partial charge < -0.3 is 10.0 Å². The molecule has 1 atom stereocenters. The van der Waals surface area contributed by atoms with Crippen molar-refractivity contribution in [2.24, 2.45) is 5.92 Å². The van der Waals surface area contributed by atoms with Crippen molar-refractivity contribution in [2.75, 3.05) is 13.1 Å². The number of benzene rings is 1. The van der Waals surface area contributed by atoms with Crippen molar-refractivity contribution in [1.82, 2.24) is 4.90 Å². The molecule has 0 aromatic heterocycles. The maximum Gasteiger partial charge on any atom is 0.308 e. The molecule has 0 bridgehead atoms. The lowest BCUT2D eigenvalue weighted by Gasteiger charge is -2.30. The fourth-order valence-electron chi connectivity index (χ4n) is 2.51. The zero-order chi connectivity index (χ0) is 15.6. The number of hydrogen-bond acceptors (Lipinski definition) is 4. The number of piperidine rings is 1. The third kappa shape index (κ3) is 3.18. The number of amides is 1. The van der Waals surface area contributed by atoms with Crippen LogP contribution in [0.5, 0.6) is 0 Å². The third-order valence-corrected chi connectivity index (χ3v) is 3.64. The van der Waals surface area contributed by atoms with E-state index >= 15 is 0 Å². The summed E-state index contributed by atoms with van der Waals surface area (Å²) in [4.78, 5) is 35.4. The minimum absolute atomic E-state index is 0.0195. The first-order valence-electron chi connectivity index (χ1n) is 6.67. The fraction of sp³-hybridized carbons (Fsp3) is 0.429. The van der Waals surface area contributed by atoms with E-state index < -0.39 is 22.7 Å². The van der Waals surface area contributed by atoms with Crippen LogP contribution in [0, 0.1) is 23.0 Å². The van der Waals surface area contributed by atoms with Gasteiger partial charge in [0.25, 0.3) is 11.6 Å². The number of carboxylic acid groups (broad SMARTS) is 1. The normalized spacial score (nSPS) is 18.3. The lowest BCUT2D eigenvalue weighted by molar-refractivity contribution is -0.385. The zero-order valence-electron chi connectivity index (χ0n) is 11.6. The summed E-state index contributed by atoms with van der Waals surface area (Å²) in [6.45, 7) is 2.27. The van der Waals surface area contributed by atoms with Crippen molar-refractivity contribution in [3.63, 3.8) is 0 Å². The first-order valence-corrected chi connectivity index (χ1v) is 6.67. The van der Waals surface area contributed by atoms with Gasteiger partial charge in [-0.3, -0.25) is 19.7 Å². The Balaban J connectivity index is 2.29. The third-order valence-electron chi connectivity index (χ3n) is 3.64. The molecule has 2 rings (SSSR count). The van der Waals surface area contributed by atoms with Crippen LogP contribution in [-0.2, 0) is 4.79 Å². The maximum atomic E-state index is 12.5. The number of nitro groups is 1. The predicted octanol–water partition coefficient (Wildman–Crippen LogP) is 1.84. The van der Waals surface area contributed by atoms with E-state index in [4.69, 9.17) is 5.11 Å². The Morgan fingerprint density at radius 3 is 2.76 bits per heavy atom. The lowest BCUT2D eigenvalue weighted by atomic mass is 9.97. The van der Waals surface area contributed by atoms with Crippen LogP contribution in [0.25, 0.3) is 0 Å². The molecule has 0 spiro atoms. The first-order chi connectivity index (χ1) is 9.90. The molecule has 1 heterocycles. The van der Waals surface area contributed by atoms with E-state index in [0.717, 1.165) is 5.56 Å². The molecule has 1 saturated heterocycles. The highest BCUT2D eigenvalue weighted by Gasteiger charge is 2.31. The smallest absolute Gasteiger partial charge is 0.308 e. The van der Waals surface area contributed by atoms with Crippen LogP contribution in [0.4, 0.5) is 5.69 Å². The van der Waals surface area contributed by atoms with Crippen molar-refractivity contribution in [1.29, 1.82) is 0 Å². The van der Waals surface area contributed by atoms with Gasteiger partial charge in [-0.2, -0.15) is 0 Å². The van der Waals surface area contributed by atoms with Crippen LogP contribution in [-0.4, -0.2) is 39.9 Å². The molecule has 1 aromatic rings. The summed E-state index contributed by atoms with van der Waals surface area (Å²) in [5, 5.41) is 20.1. The van der Waals surface area contributed by atoms with Crippen LogP contribution in [0.15, 0.2) is 18.2 Å². The first kappa shape index (κ1) is 15.0. The van der Waals surface area contributed by atoms with E-state index in [1.165, 1.54) is 17.0 Å². The Bertz CT molecular complexity index is 599. The summed E-state index contributed by atoms with van der Waals surface area (Å²) in [6.07, 6.45) is 1.11. The Morgan fingerprint density at radius 2 is 2.14 bits per heavy atom. The van der Waals surface area contributed by atoms with Gasteiger partial charge in [0.2, 0.25) is 0 Å². The second-order valence-corrected chi connectivity index (χ2v) is 5.21. The molecule has 0 unspecified atom stereocenters. The number of carbonyl (C=O) groups is 2. The van der Waals surface area contributed by atoms with Gasteiger partial charge in [-0.1, -0.05) is 6.07 Å². The van der Waals surface area contributed by atoms with E-state index in [9.17, 15) is 19.7 Å². The minimum Gasteiger partial charge on any atom is -0.481 e. The number of aliphatic carboxylic acids is 1. The highest BCUT2D eigenvalue weighted by Crippen LogP contribution is 2.24. The van der Waals surface area contributed by atoms with Gasteiger partial charge in [0.05, 0.1) is 10.8 Å². The van der Waals surface area contributed by atoms with Crippen molar-refractivity contribution >= 4 is 17.6 Å². The number of rotatable bonds is 3. The molecule has 1 N–H and O–H groups in total. The van der Waals surface area contributed by atoms with Crippen molar-refractivity contribution < 1.29 is 19.6 Å². The Hall–Kier alpha value is -2.44. The summed E-state index contributed by atoms with van der Waals surface area (Å²) in [5.41, 5.74) is 0.518. The molecule has 1 aliphatic rings. The van der Waals surface area contributed by atoms with Crippen LogP contribution >= 0.6 is 0 Å². The second kappa shape index (κ2) is 5.90. The maximum absolute atomic E-state index is 12.5. The van der Waals surface area contributed by atoms with Crippen molar-refractivity contribution in [2.45, 2.75) is 19.8 Å². The fourth-order valence-corrected chi connectivity index (χ4v) is 2.51. The second-order valence-electron chi connectivity index (χ2n) is 5.21. The number of likely N-dealkylation sites (tertiary alicyclic amines) is 1. The van der Waals surface area contributed by atoms with Gasteiger partial charge in [0.15, 0.2) is 0 Å². The van der Waals surface area contributed by atoms with Gasteiger partial charge >= 0.3 is 5.97 Å². The minimum atomic E-state index is -0.939. The van der Waals surface area contributed by atoms with Gasteiger partial charge in [0.1, 0.15) is 5.56 Å². The Morgan fingerprint density at radius 1 is 1.43 bits per heavy atom. The number of nitrogens with zero attached hydrogens (tertiary/aromatic N) is 2. The average Bonchev–Trinajstić information content (AvgIpc) is 2.46. The largest absolute Gasteiger partial charge is 0.481 e. The van der Waals surface area contributed by atoms with Gasteiger partial charge in [-0.25, -0.2) is 0 Å². The van der Waals surface area contributed by atoms with E-state index in [2.05, 4.69) is 0 Å². The zero-order valence-corrected chi connectivity index (χ0v) is 11.6.